The molecule has 0 radical (unpaired) electrons. The summed E-state index contributed by atoms with van der Waals surface area (Å²) in [5.41, 5.74) is 7.20. The van der Waals surface area contributed by atoms with Gasteiger partial charge in [0, 0.05) is 25.6 Å². The lowest BCUT2D eigenvalue weighted by molar-refractivity contribution is 0.152. The molecule has 1 aromatic heterocycles. The van der Waals surface area contributed by atoms with Gasteiger partial charge in [-0.25, -0.2) is 0 Å². The number of hydrogen-bond acceptors (Lipinski definition) is 4. The zero-order valence-electron chi connectivity index (χ0n) is 11.9. The maximum Gasteiger partial charge on any atom is 0.134 e. The van der Waals surface area contributed by atoms with Crippen molar-refractivity contribution in [1.29, 1.82) is 0 Å². The quantitative estimate of drug-likeness (QED) is 0.909. The molecule has 1 fully saturated rings. The fraction of sp³-hybridized carbons (Fsp3) is 0.500. The monoisotopic (exact) mass is 274 g/mol. The second-order valence-electron chi connectivity index (χ2n) is 5.66. The Morgan fingerprint density at radius 1 is 1.45 bits per heavy atom. The Hall–Kier alpha value is -1.36. The van der Waals surface area contributed by atoms with Crippen molar-refractivity contribution in [1.82, 2.24) is 4.90 Å². The van der Waals surface area contributed by atoms with Crippen LogP contribution >= 0.6 is 0 Å². The SMILES string of the molecule is COCC1CCN(CC(N)c2cc3ccccc3o2)C1. The number of furan rings is 1. The van der Waals surface area contributed by atoms with Crippen LogP contribution in [0.1, 0.15) is 18.2 Å². The maximum atomic E-state index is 6.29. The molecule has 4 nitrogen and oxygen atoms in total. The summed E-state index contributed by atoms with van der Waals surface area (Å²) in [5.74, 6) is 1.52. The van der Waals surface area contributed by atoms with Crippen LogP contribution in [-0.2, 0) is 4.74 Å². The van der Waals surface area contributed by atoms with Crippen molar-refractivity contribution in [2.24, 2.45) is 11.7 Å². The van der Waals surface area contributed by atoms with E-state index >= 15 is 0 Å². The molecule has 1 aromatic carbocycles. The molecule has 2 N–H and O–H groups in total. The molecule has 0 amide bonds. The second-order valence-corrected chi connectivity index (χ2v) is 5.66. The van der Waals surface area contributed by atoms with E-state index in [9.17, 15) is 0 Å². The highest BCUT2D eigenvalue weighted by molar-refractivity contribution is 5.77. The van der Waals surface area contributed by atoms with Crippen LogP contribution in [-0.4, -0.2) is 38.3 Å². The first kappa shape index (κ1) is 13.6. The van der Waals surface area contributed by atoms with Gasteiger partial charge in [0.15, 0.2) is 0 Å². The minimum Gasteiger partial charge on any atom is -0.459 e. The van der Waals surface area contributed by atoms with Gasteiger partial charge >= 0.3 is 0 Å². The average molecular weight is 274 g/mol. The Morgan fingerprint density at radius 2 is 2.30 bits per heavy atom. The van der Waals surface area contributed by atoms with E-state index < -0.39 is 0 Å². The van der Waals surface area contributed by atoms with Crippen molar-refractivity contribution in [3.63, 3.8) is 0 Å². The number of likely N-dealkylation sites (tertiary alicyclic amines) is 1. The average Bonchev–Trinajstić information content (AvgIpc) is 3.05. The first-order valence-electron chi connectivity index (χ1n) is 7.21. The van der Waals surface area contributed by atoms with Crippen LogP contribution in [0.25, 0.3) is 11.0 Å². The van der Waals surface area contributed by atoms with Crippen molar-refractivity contribution in [2.75, 3.05) is 33.4 Å². The smallest absolute Gasteiger partial charge is 0.134 e. The topological polar surface area (TPSA) is 51.6 Å². The van der Waals surface area contributed by atoms with Gasteiger partial charge in [-0.15, -0.1) is 0 Å². The van der Waals surface area contributed by atoms with Gasteiger partial charge in [-0.1, -0.05) is 18.2 Å². The van der Waals surface area contributed by atoms with Gasteiger partial charge in [0.1, 0.15) is 11.3 Å². The van der Waals surface area contributed by atoms with Gasteiger partial charge < -0.3 is 19.8 Å². The Labute approximate surface area is 119 Å². The summed E-state index contributed by atoms with van der Waals surface area (Å²) in [6, 6.07) is 10.0. The molecular weight excluding hydrogens is 252 g/mol. The number of hydrogen-bond donors (Lipinski definition) is 1. The molecule has 108 valence electrons. The fourth-order valence-electron chi connectivity index (χ4n) is 3.00. The van der Waals surface area contributed by atoms with Crippen LogP contribution in [0.15, 0.2) is 34.7 Å². The predicted octanol–water partition coefficient (Wildman–Crippen LogP) is 2.40. The molecule has 2 aromatic rings. The zero-order valence-corrected chi connectivity index (χ0v) is 11.9. The van der Waals surface area contributed by atoms with Crippen LogP contribution in [0, 0.1) is 5.92 Å². The molecule has 0 aliphatic carbocycles. The third-order valence-electron chi connectivity index (χ3n) is 4.04. The second kappa shape index (κ2) is 5.95. The van der Waals surface area contributed by atoms with Gasteiger partial charge in [0.25, 0.3) is 0 Å². The van der Waals surface area contributed by atoms with Crippen molar-refractivity contribution < 1.29 is 9.15 Å². The Kier molecular flexibility index (Phi) is 4.05. The van der Waals surface area contributed by atoms with E-state index in [1.165, 1.54) is 6.42 Å². The highest BCUT2D eigenvalue weighted by Crippen LogP contribution is 2.25. The molecule has 0 saturated carbocycles. The molecule has 20 heavy (non-hydrogen) atoms. The van der Waals surface area contributed by atoms with E-state index in [0.717, 1.165) is 43.0 Å². The lowest BCUT2D eigenvalue weighted by Crippen LogP contribution is -2.30. The summed E-state index contributed by atoms with van der Waals surface area (Å²) in [4.78, 5) is 2.40. The van der Waals surface area contributed by atoms with Gasteiger partial charge in [0.05, 0.1) is 12.6 Å². The van der Waals surface area contributed by atoms with Crippen LogP contribution < -0.4 is 5.73 Å². The lowest BCUT2D eigenvalue weighted by Gasteiger charge is -2.19. The van der Waals surface area contributed by atoms with Crippen molar-refractivity contribution >= 4 is 11.0 Å². The van der Waals surface area contributed by atoms with Crippen molar-refractivity contribution in [2.45, 2.75) is 12.5 Å². The summed E-state index contributed by atoms with van der Waals surface area (Å²) < 4.78 is 11.1. The maximum absolute atomic E-state index is 6.29. The molecule has 2 atom stereocenters. The van der Waals surface area contributed by atoms with Crippen molar-refractivity contribution in [3.8, 4) is 0 Å². The fourth-order valence-corrected chi connectivity index (χ4v) is 3.00. The number of ether oxygens (including phenoxy) is 1. The molecule has 2 unspecified atom stereocenters. The third kappa shape index (κ3) is 2.87. The summed E-state index contributed by atoms with van der Waals surface area (Å²) in [7, 11) is 1.77. The van der Waals surface area contributed by atoms with E-state index in [0.29, 0.717) is 5.92 Å². The molecular formula is C16H22N2O2. The summed E-state index contributed by atoms with van der Waals surface area (Å²) in [6.07, 6.45) is 1.20. The molecule has 4 heteroatoms. The van der Waals surface area contributed by atoms with Crippen LogP contribution in [0.3, 0.4) is 0 Å². The molecule has 2 heterocycles. The highest BCUT2D eigenvalue weighted by atomic mass is 16.5. The molecule has 0 spiro atoms. The first-order valence-corrected chi connectivity index (χ1v) is 7.21. The minimum absolute atomic E-state index is 0.0660. The third-order valence-corrected chi connectivity index (χ3v) is 4.04. The van der Waals surface area contributed by atoms with Gasteiger partial charge in [-0.2, -0.15) is 0 Å². The van der Waals surface area contributed by atoms with Gasteiger partial charge in [0.2, 0.25) is 0 Å². The molecule has 0 bridgehead atoms. The summed E-state index contributed by atoms with van der Waals surface area (Å²) in [5, 5.41) is 1.12. The molecule has 3 rings (SSSR count). The number of benzene rings is 1. The van der Waals surface area contributed by atoms with E-state index in [-0.39, 0.29) is 6.04 Å². The van der Waals surface area contributed by atoms with Crippen LogP contribution in [0.5, 0.6) is 0 Å². The molecule has 1 aliphatic heterocycles. The summed E-state index contributed by atoms with van der Waals surface area (Å²) in [6.45, 7) is 3.86. The van der Waals surface area contributed by atoms with Gasteiger partial charge in [-0.05, 0) is 31.0 Å². The number of methoxy groups -OCH3 is 1. The Morgan fingerprint density at radius 3 is 3.10 bits per heavy atom. The largest absolute Gasteiger partial charge is 0.459 e. The number of para-hydroxylation sites is 1. The Balaban J connectivity index is 1.63. The highest BCUT2D eigenvalue weighted by Gasteiger charge is 2.25. The van der Waals surface area contributed by atoms with E-state index in [1.54, 1.807) is 7.11 Å². The zero-order chi connectivity index (χ0) is 13.9. The number of fused-ring (bicyclic) bond motifs is 1. The number of nitrogens with two attached hydrogens (primary N) is 1. The predicted molar refractivity (Wildman–Crippen MR) is 79.6 cm³/mol. The molecule has 1 aliphatic rings. The standard InChI is InChI=1S/C16H22N2O2/c1-19-11-12-6-7-18(9-12)10-14(17)16-8-13-4-2-3-5-15(13)20-16/h2-5,8,12,14H,6-7,9-11,17H2,1H3. The van der Waals surface area contributed by atoms with E-state index in [4.69, 9.17) is 14.9 Å². The first-order chi connectivity index (χ1) is 9.76. The minimum atomic E-state index is -0.0660. The van der Waals surface area contributed by atoms with Gasteiger partial charge in [-0.3, -0.25) is 0 Å². The molecule has 1 saturated heterocycles. The number of nitrogens with zero attached hydrogens (tertiary/aromatic N) is 1. The lowest BCUT2D eigenvalue weighted by atomic mass is 10.1. The van der Waals surface area contributed by atoms with E-state index in [1.807, 2.05) is 18.2 Å². The van der Waals surface area contributed by atoms with Crippen LogP contribution in [0.4, 0.5) is 0 Å². The summed E-state index contributed by atoms with van der Waals surface area (Å²) >= 11 is 0. The number of rotatable bonds is 5. The van der Waals surface area contributed by atoms with Crippen molar-refractivity contribution in [3.05, 3.63) is 36.1 Å². The van der Waals surface area contributed by atoms with Crippen LogP contribution in [0.2, 0.25) is 0 Å². The normalized spacial score (nSPS) is 21.6. The Bertz CT molecular complexity index is 533. The van der Waals surface area contributed by atoms with E-state index in [2.05, 4.69) is 17.0 Å².